The van der Waals surface area contributed by atoms with Gasteiger partial charge in [-0.2, -0.15) is 8.42 Å². The van der Waals surface area contributed by atoms with Crippen LogP contribution in [0, 0.1) is 5.41 Å². The third-order valence-corrected chi connectivity index (χ3v) is 3.84. The molecule has 86 valence electrons. The zero-order valence-electron chi connectivity index (χ0n) is 9.82. The van der Waals surface area contributed by atoms with Crippen molar-refractivity contribution in [1.82, 2.24) is 0 Å². The van der Waals surface area contributed by atoms with Crippen molar-refractivity contribution in [3.63, 3.8) is 0 Å². The first-order chi connectivity index (χ1) is 7.45. The molecule has 0 atom stereocenters. The summed E-state index contributed by atoms with van der Waals surface area (Å²) < 4.78 is 24.2. The Kier molecular flexibility index (Phi) is 2.62. The van der Waals surface area contributed by atoms with E-state index in [4.69, 9.17) is 0 Å². The second kappa shape index (κ2) is 3.70. The van der Waals surface area contributed by atoms with Crippen LogP contribution in [-0.2, 0) is 10.3 Å². The van der Waals surface area contributed by atoms with E-state index in [0.717, 1.165) is 18.7 Å². The van der Waals surface area contributed by atoms with Crippen molar-refractivity contribution in [3.8, 4) is 0 Å². The summed E-state index contributed by atoms with van der Waals surface area (Å²) in [6.45, 7) is 8.33. The van der Waals surface area contributed by atoms with Crippen LogP contribution in [-0.4, -0.2) is 36.7 Å². The molecule has 0 unspecified atom stereocenters. The molecular formula is C12H16NO2S+. The first kappa shape index (κ1) is 11.3. The van der Waals surface area contributed by atoms with Crippen LogP contribution in [0.2, 0.25) is 0 Å². The van der Waals surface area contributed by atoms with Gasteiger partial charge in [0, 0.05) is 11.6 Å². The Balaban J connectivity index is 2.62. The molecule has 0 radical (unpaired) electrons. The summed E-state index contributed by atoms with van der Waals surface area (Å²) in [7, 11) is -2.14. The topological polar surface area (TPSA) is 37.1 Å². The van der Waals surface area contributed by atoms with Crippen molar-refractivity contribution in [1.29, 1.82) is 0 Å². The van der Waals surface area contributed by atoms with E-state index in [1.807, 2.05) is 6.08 Å². The normalized spacial score (nSPS) is 22.2. The maximum atomic E-state index is 10.9. The van der Waals surface area contributed by atoms with E-state index in [2.05, 4.69) is 25.3 Å². The van der Waals surface area contributed by atoms with Crippen molar-refractivity contribution in [2.75, 3.05) is 13.1 Å². The minimum absolute atomic E-state index is 0.0285. The fraction of sp³-hybridized carbons (Fsp3) is 0.500. The average molecular weight is 238 g/mol. The highest BCUT2D eigenvalue weighted by Crippen LogP contribution is 2.34. The van der Waals surface area contributed by atoms with Crippen LogP contribution >= 0.6 is 0 Å². The number of fused-ring (bicyclic) bond motifs is 1. The molecule has 0 spiro atoms. The summed E-state index contributed by atoms with van der Waals surface area (Å²) >= 11 is 0. The fourth-order valence-corrected chi connectivity index (χ4v) is 2.76. The molecule has 1 aliphatic carbocycles. The molecule has 0 amide bonds. The molecule has 1 heterocycles. The standard InChI is InChI=1S/C12H16NO2S/c1-4-13-8-12(2,3)10-7-9(16(14)15)5-6-11(10)13/h5-7H,4,8H2,1-3H3/q+1. The Labute approximate surface area is 97.3 Å². The van der Waals surface area contributed by atoms with Gasteiger partial charge in [0.05, 0.1) is 10.3 Å². The third kappa shape index (κ3) is 1.67. The molecule has 3 nitrogen and oxygen atoms in total. The van der Waals surface area contributed by atoms with Crippen molar-refractivity contribution in [2.24, 2.45) is 5.41 Å². The molecule has 0 saturated carbocycles. The maximum Gasteiger partial charge on any atom is 0.221 e. The lowest BCUT2D eigenvalue weighted by atomic mass is 9.82. The predicted molar refractivity (Wildman–Crippen MR) is 65.6 cm³/mol. The molecule has 0 bridgehead atoms. The van der Waals surface area contributed by atoms with E-state index in [1.54, 1.807) is 12.2 Å². The number of nitrogens with zero attached hydrogens (tertiary/aromatic N) is 1. The van der Waals surface area contributed by atoms with Gasteiger partial charge in [0.1, 0.15) is 6.54 Å². The SMILES string of the molecule is CC[N+]1=C2C=CC(=S(=O)=O)C=C2C(C)(C)C1. The summed E-state index contributed by atoms with van der Waals surface area (Å²) in [5.41, 5.74) is 2.33. The summed E-state index contributed by atoms with van der Waals surface area (Å²) in [5, 5.41) is 0. The van der Waals surface area contributed by atoms with Crippen molar-refractivity contribution >= 4 is 20.9 Å². The Morgan fingerprint density at radius 1 is 1.38 bits per heavy atom. The highest BCUT2D eigenvalue weighted by atomic mass is 32.2. The molecule has 16 heavy (non-hydrogen) atoms. The van der Waals surface area contributed by atoms with Crippen LogP contribution in [0.15, 0.2) is 23.8 Å². The van der Waals surface area contributed by atoms with Crippen LogP contribution in [0.5, 0.6) is 0 Å². The van der Waals surface area contributed by atoms with E-state index in [9.17, 15) is 8.42 Å². The molecule has 2 aliphatic rings. The van der Waals surface area contributed by atoms with Crippen LogP contribution in [0.1, 0.15) is 20.8 Å². The van der Waals surface area contributed by atoms with Crippen LogP contribution in [0.3, 0.4) is 0 Å². The lowest BCUT2D eigenvalue weighted by Crippen LogP contribution is -2.20. The van der Waals surface area contributed by atoms with Crippen LogP contribution < -0.4 is 0 Å². The van der Waals surface area contributed by atoms with Crippen molar-refractivity contribution in [2.45, 2.75) is 20.8 Å². The van der Waals surface area contributed by atoms with E-state index >= 15 is 0 Å². The van der Waals surface area contributed by atoms with Gasteiger partial charge in [-0.25, -0.2) is 4.58 Å². The first-order valence-electron chi connectivity index (χ1n) is 5.44. The molecule has 0 aromatic carbocycles. The van der Waals surface area contributed by atoms with E-state index < -0.39 is 10.3 Å². The van der Waals surface area contributed by atoms with Gasteiger partial charge in [-0.3, -0.25) is 0 Å². The maximum absolute atomic E-state index is 10.9. The van der Waals surface area contributed by atoms with E-state index in [0.29, 0.717) is 4.86 Å². The molecule has 1 aliphatic heterocycles. The van der Waals surface area contributed by atoms with Gasteiger partial charge in [0.15, 0.2) is 6.54 Å². The zero-order valence-corrected chi connectivity index (χ0v) is 10.6. The quantitative estimate of drug-likeness (QED) is 0.506. The van der Waals surface area contributed by atoms with Gasteiger partial charge in [0.2, 0.25) is 16.0 Å². The number of hydrogen-bond acceptors (Lipinski definition) is 2. The van der Waals surface area contributed by atoms with Gasteiger partial charge < -0.3 is 0 Å². The van der Waals surface area contributed by atoms with Crippen LogP contribution in [0.25, 0.3) is 0 Å². The summed E-state index contributed by atoms with van der Waals surface area (Å²) in [6.07, 6.45) is 5.39. The predicted octanol–water partition coefficient (Wildman–Crippen LogP) is 1.05. The summed E-state index contributed by atoms with van der Waals surface area (Å²) in [5.74, 6) is 0. The van der Waals surface area contributed by atoms with Gasteiger partial charge in [-0.15, -0.1) is 0 Å². The second-order valence-corrected chi connectivity index (χ2v) is 5.75. The summed E-state index contributed by atoms with van der Waals surface area (Å²) in [6, 6.07) is 0. The average Bonchev–Trinajstić information content (AvgIpc) is 2.50. The molecule has 0 aromatic heterocycles. The van der Waals surface area contributed by atoms with E-state index in [-0.39, 0.29) is 5.41 Å². The molecular weight excluding hydrogens is 222 g/mol. The molecule has 0 fully saturated rings. The van der Waals surface area contributed by atoms with Gasteiger partial charge in [-0.1, -0.05) is 0 Å². The fourth-order valence-electron chi connectivity index (χ4n) is 2.37. The number of hydrogen-bond donors (Lipinski definition) is 0. The Morgan fingerprint density at radius 3 is 2.62 bits per heavy atom. The first-order valence-corrected chi connectivity index (χ1v) is 6.52. The van der Waals surface area contributed by atoms with Crippen molar-refractivity contribution < 1.29 is 13.0 Å². The number of allylic oxidation sites excluding steroid dienone is 3. The Hall–Kier alpha value is -1.16. The summed E-state index contributed by atoms with van der Waals surface area (Å²) in [4.78, 5) is 0.379. The van der Waals surface area contributed by atoms with Crippen LogP contribution in [0.4, 0.5) is 0 Å². The largest absolute Gasteiger partial charge is 0.229 e. The Bertz CT molecular complexity index is 552. The lowest BCUT2D eigenvalue weighted by molar-refractivity contribution is -0.525. The molecule has 0 aromatic rings. The minimum atomic E-state index is -2.14. The Morgan fingerprint density at radius 2 is 2.06 bits per heavy atom. The molecule has 0 saturated heterocycles. The van der Waals surface area contributed by atoms with Gasteiger partial charge >= 0.3 is 0 Å². The lowest BCUT2D eigenvalue weighted by Gasteiger charge is -2.16. The minimum Gasteiger partial charge on any atom is -0.229 e. The molecule has 2 rings (SSSR count). The third-order valence-electron chi connectivity index (χ3n) is 3.20. The smallest absolute Gasteiger partial charge is 0.221 e. The van der Waals surface area contributed by atoms with Gasteiger partial charge in [-0.05, 0) is 32.9 Å². The monoisotopic (exact) mass is 238 g/mol. The molecule has 4 heteroatoms. The van der Waals surface area contributed by atoms with Gasteiger partial charge in [0.25, 0.3) is 0 Å². The highest BCUT2D eigenvalue weighted by molar-refractivity contribution is 7.73. The number of rotatable bonds is 1. The highest BCUT2D eigenvalue weighted by Gasteiger charge is 2.42. The van der Waals surface area contributed by atoms with Crippen molar-refractivity contribution in [3.05, 3.63) is 23.8 Å². The van der Waals surface area contributed by atoms with E-state index in [1.165, 1.54) is 5.71 Å². The molecule has 0 N–H and O–H groups in total. The zero-order chi connectivity index (χ0) is 11.9. The second-order valence-electron chi connectivity index (χ2n) is 4.81.